The molecule has 1 amide bonds. The first-order chi connectivity index (χ1) is 8.77. The van der Waals surface area contributed by atoms with Crippen molar-refractivity contribution in [2.75, 3.05) is 18.0 Å². The molecule has 1 aliphatic heterocycles. The second-order valence-corrected chi connectivity index (χ2v) is 4.77. The minimum Gasteiger partial charge on any atom is -0.311 e. The summed E-state index contributed by atoms with van der Waals surface area (Å²) >= 11 is 0. The van der Waals surface area contributed by atoms with Gasteiger partial charge in [-0.1, -0.05) is 38.5 Å². The largest absolute Gasteiger partial charge is 0.311 e. The maximum atomic E-state index is 12.3. The van der Waals surface area contributed by atoms with Crippen LogP contribution in [0, 0.1) is 0 Å². The Bertz CT molecular complexity index is 417. The summed E-state index contributed by atoms with van der Waals surface area (Å²) in [6, 6.07) is 8.27. The molecule has 18 heavy (non-hydrogen) atoms. The van der Waals surface area contributed by atoms with Gasteiger partial charge in [0.2, 0.25) is 5.91 Å². The smallest absolute Gasteiger partial charge is 0.244 e. The van der Waals surface area contributed by atoms with Gasteiger partial charge in [-0.05, 0) is 31.0 Å². The van der Waals surface area contributed by atoms with Crippen LogP contribution < -0.4 is 10.2 Å². The van der Waals surface area contributed by atoms with Crippen molar-refractivity contribution >= 4 is 11.6 Å². The second kappa shape index (κ2) is 6.01. The van der Waals surface area contributed by atoms with E-state index in [1.807, 2.05) is 17.9 Å². The van der Waals surface area contributed by atoms with Crippen LogP contribution in [0.15, 0.2) is 24.3 Å². The maximum absolute atomic E-state index is 12.3. The van der Waals surface area contributed by atoms with Gasteiger partial charge >= 0.3 is 0 Å². The number of para-hydroxylation sites is 1. The van der Waals surface area contributed by atoms with Crippen molar-refractivity contribution in [3.63, 3.8) is 0 Å². The Balaban J connectivity index is 2.19. The van der Waals surface area contributed by atoms with Crippen LogP contribution in [-0.4, -0.2) is 25.0 Å². The van der Waals surface area contributed by atoms with E-state index in [1.165, 1.54) is 5.56 Å². The fourth-order valence-electron chi connectivity index (χ4n) is 2.61. The zero-order valence-electron chi connectivity index (χ0n) is 11.3. The summed E-state index contributed by atoms with van der Waals surface area (Å²) in [5, 5.41) is 3.25. The van der Waals surface area contributed by atoms with Gasteiger partial charge in [0.15, 0.2) is 0 Å². The Kier molecular flexibility index (Phi) is 4.37. The van der Waals surface area contributed by atoms with E-state index in [1.54, 1.807) is 0 Å². The fourth-order valence-corrected chi connectivity index (χ4v) is 2.61. The SMILES string of the molecule is CCCc1ccccc1N1CCC(NCC)C1=O. The van der Waals surface area contributed by atoms with Crippen molar-refractivity contribution in [1.82, 2.24) is 5.32 Å². The van der Waals surface area contributed by atoms with Gasteiger partial charge in [0.05, 0.1) is 6.04 Å². The number of anilines is 1. The standard InChI is InChI=1S/C15H22N2O/c1-3-7-12-8-5-6-9-14(12)17-11-10-13(15(17)18)16-4-2/h5-6,8-9,13,16H,3-4,7,10-11H2,1-2H3. The molecular formula is C15H22N2O. The van der Waals surface area contributed by atoms with Crippen molar-refractivity contribution in [1.29, 1.82) is 0 Å². The van der Waals surface area contributed by atoms with Crippen LogP contribution in [0.4, 0.5) is 5.69 Å². The maximum Gasteiger partial charge on any atom is 0.244 e. The quantitative estimate of drug-likeness (QED) is 0.865. The molecule has 3 nitrogen and oxygen atoms in total. The van der Waals surface area contributed by atoms with E-state index in [-0.39, 0.29) is 11.9 Å². The van der Waals surface area contributed by atoms with Gasteiger partial charge in [-0.25, -0.2) is 0 Å². The minimum atomic E-state index is 0.00434. The van der Waals surface area contributed by atoms with Crippen LogP contribution in [0.3, 0.4) is 0 Å². The third kappa shape index (κ3) is 2.56. The van der Waals surface area contributed by atoms with Gasteiger partial charge in [-0.2, -0.15) is 0 Å². The van der Waals surface area contributed by atoms with Crippen LogP contribution in [-0.2, 0) is 11.2 Å². The first-order valence-corrected chi connectivity index (χ1v) is 6.90. The summed E-state index contributed by atoms with van der Waals surface area (Å²) in [4.78, 5) is 14.3. The monoisotopic (exact) mass is 246 g/mol. The summed E-state index contributed by atoms with van der Waals surface area (Å²) in [6.45, 7) is 5.89. The molecule has 0 spiro atoms. The van der Waals surface area contributed by atoms with Gasteiger partial charge in [0, 0.05) is 12.2 Å². The topological polar surface area (TPSA) is 32.3 Å². The fraction of sp³-hybridized carbons (Fsp3) is 0.533. The summed E-state index contributed by atoms with van der Waals surface area (Å²) < 4.78 is 0. The highest BCUT2D eigenvalue weighted by Crippen LogP contribution is 2.26. The number of hydrogen-bond donors (Lipinski definition) is 1. The molecule has 2 rings (SSSR count). The van der Waals surface area contributed by atoms with Crippen molar-refractivity contribution in [3.05, 3.63) is 29.8 Å². The Hall–Kier alpha value is -1.35. The molecular weight excluding hydrogens is 224 g/mol. The molecule has 1 unspecified atom stereocenters. The third-order valence-electron chi connectivity index (χ3n) is 3.46. The Morgan fingerprint density at radius 1 is 1.33 bits per heavy atom. The highest BCUT2D eigenvalue weighted by Gasteiger charge is 2.32. The van der Waals surface area contributed by atoms with Crippen LogP contribution in [0.2, 0.25) is 0 Å². The van der Waals surface area contributed by atoms with E-state index >= 15 is 0 Å². The zero-order valence-corrected chi connectivity index (χ0v) is 11.3. The molecule has 1 saturated heterocycles. The van der Waals surface area contributed by atoms with E-state index in [0.29, 0.717) is 0 Å². The molecule has 0 aromatic heterocycles. The first-order valence-electron chi connectivity index (χ1n) is 6.90. The number of likely N-dealkylation sites (N-methyl/N-ethyl adjacent to an activating group) is 1. The predicted octanol–water partition coefficient (Wildman–Crippen LogP) is 2.35. The number of hydrogen-bond acceptors (Lipinski definition) is 2. The molecule has 0 bridgehead atoms. The number of amides is 1. The molecule has 98 valence electrons. The van der Waals surface area contributed by atoms with Gasteiger partial charge < -0.3 is 10.2 Å². The molecule has 0 saturated carbocycles. The van der Waals surface area contributed by atoms with Crippen molar-refractivity contribution in [3.8, 4) is 0 Å². The third-order valence-corrected chi connectivity index (χ3v) is 3.46. The summed E-state index contributed by atoms with van der Waals surface area (Å²) in [6.07, 6.45) is 3.05. The molecule has 3 heteroatoms. The molecule has 1 N–H and O–H groups in total. The lowest BCUT2D eigenvalue weighted by molar-refractivity contribution is -0.118. The number of rotatable bonds is 5. The van der Waals surface area contributed by atoms with Gasteiger partial charge in [0.1, 0.15) is 0 Å². The summed E-state index contributed by atoms with van der Waals surface area (Å²) in [5.74, 6) is 0.223. The highest BCUT2D eigenvalue weighted by atomic mass is 16.2. The average Bonchev–Trinajstić information content (AvgIpc) is 2.73. The Morgan fingerprint density at radius 2 is 2.11 bits per heavy atom. The molecule has 0 radical (unpaired) electrons. The van der Waals surface area contributed by atoms with Gasteiger partial charge in [0.25, 0.3) is 0 Å². The van der Waals surface area contributed by atoms with Gasteiger partial charge in [-0.15, -0.1) is 0 Å². The Morgan fingerprint density at radius 3 is 2.83 bits per heavy atom. The molecule has 1 heterocycles. The highest BCUT2D eigenvalue weighted by molar-refractivity contribution is 6.00. The van der Waals surface area contributed by atoms with E-state index < -0.39 is 0 Å². The number of aryl methyl sites for hydroxylation is 1. The molecule has 1 fully saturated rings. The van der Waals surface area contributed by atoms with E-state index in [2.05, 4.69) is 30.4 Å². The number of carbonyl (C=O) groups excluding carboxylic acids is 1. The lowest BCUT2D eigenvalue weighted by Crippen LogP contribution is -2.38. The van der Waals surface area contributed by atoms with Crippen molar-refractivity contribution < 1.29 is 4.79 Å². The number of carbonyl (C=O) groups is 1. The number of nitrogens with zero attached hydrogens (tertiary/aromatic N) is 1. The van der Waals surface area contributed by atoms with Crippen molar-refractivity contribution in [2.45, 2.75) is 39.2 Å². The van der Waals surface area contributed by atoms with Gasteiger partial charge in [-0.3, -0.25) is 4.79 Å². The molecule has 1 aliphatic rings. The Labute approximate surface area is 109 Å². The van der Waals surface area contributed by atoms with Crippen LogP contribution in [0.25, 0.3) is 0 Å². The molecule has 1 atom stereocenters. The minimum absolute atomic E-state index is 0.00434. The lowest BCUT2D eigenvalue weighted by Gasteiger charge is -2.20. The first kappa shape index (κ1) is 13.1. The molecule has 1 aromatic carbocycles. The van der Waals surface area contributed by atoms with E-state index in [4.69, 9.17) is 0 Å². The average molecular weight is 246 g/mol. The normalized spacial score (nSPS) is 19.6. The van der Waals surface area contributed by atoms with Crippen LogP contribution in [0.5, 0.6) is 0 Å². The molecule has 0 aliphatic carbocycles. The lowest BCUT2D eigenvalue weighted by atomic mass is 10.1. The number of benzene rings is 1. The zero-order chi connectivity index (χ0) is 13.0. The van der Waals surface area contributed by atoms with Crippen molar-refractivity contribution in [2.24, 2.45) is 0 Å². The number of nitrogens with one attached hydrogen (secondary N) is 1. The van der Waals surface area contributed by atoms with E-state index in [0.717, 1.165) is 38.0 Å². The second-order valence-electron chi connectivity index (χ2n) is 4.77. The molecule has 1 aromatic rings. The van der Waals surface area contributed by atoms with E-state index in [9.17, 15) is 4.79 Å². The summed E-state index contributed by atoms with van der Waals surface area (Å²) in [5.41, 5.74) is 2.38. The van der Waals surface area contributed by atoms with Crippen LogP contribution >= 0.6 is 0 Å². The predicted molar refractivity (Wildman–Crippen MR) is 74.9 cm³/mol. The van der Waals surface area contributed by atoms with Crippen LogP contribution in [0.1, 0.15) is 32.3 Å². The summed E-state index contributed by atoms with van der Waals surface area (Å²) in [7, 11) is 0.